The van der Waals surface area contributed by atoms with Crippen molar-refractivity contribution in [2.75, 3.05) is 6.54 Å². The summed E-state index contributed by atoms with van der Waals surface area (Å²) in [5.41, 5.74) is 0.0778. The van der Waals surface area contributed by atoms with E-state index in [0.29, 0.717) is 23.0 Å². The van der Waals surface area contributed by atoms with Gasteiger partial charge in [0.15, 0.2) is 0 Å². The third kappa shape index (κ3) is 4.27. The molecule has 0 radical (unpaired) electrons. The van der Waals surface area contributed by atoms with Crippen LogP contribution in [-0.2, 0) is 6.54 Å². The van der Waals surface area contributed by atoms with Crippen molar-refractivity contribution >= 4 is 17.0 Å². The fraction of sp³-hybridized carbons (Fsp3) is 0.385. The Morgan fingerprint density at radius 1 is 1.38 bits per heavy atom. The number of nitro benzene ring substituents is 1. The van der Waals surface area contributed by atoms with Crippen LogP contribution in [0, 0.1) is 21.8 Å². The molecule has 1 N–H and O–H groups in total. The van der Waals surface area contributed by atoms with Crippen LogP contribution in [0.25, 0.3) is 10.6 Å². The van der Waals surface area contributed by atoms with Crippen molar-refractivity contribution in [2.45, 2.75) is 20.4 Å². The Balaban J connectivity index is 2.15. The molecule has 2 rings (SSSR count). The first-order valence-electron chi connectivity index (χ1n) is 6.44. The van der Waals surface area contributed by atoms with Crippen molar-refractivity contribution in [3.63, 3.8) is 0 Å². The van der Waals surface area contributed by atoms with Crippen LogP contribution in [0.15, 0.2) is 18.2 Å². The molecule has 0 aliphatic rings. The highest BCUT2D eigenvalue weighted by molar-refractivity contribution is 7.14. The van der Waals surface area contributed by atoms with Crippen LogP contribution in [0.2, 0.25) is 0 Å². The number of nitro groups is 1. The fourth-order valence-electron chi connectivity index (χ4n) is 1.71. The number of halogens is 1. The van der Waals surface area contributed by atoms with E-state index in [0.717, 1.165) is 17.6 Å². The molecule has 0 atom stereocenters. The molecule has 0 amide bonds. The lowest BCUT2D eigenvalue weighted by Crippen LogP contribution is -2.18. The maximum absolute atomic E-state index is 13.4. The Kier molecular flexibility index (Phi) is 4.92. The number of non-ortho nitro benzene ring substituents is 1. The molecule has 6 nitrogen and oxygen atoms in total. The van der Waals surface area contributed by atoms with Gasteiger partial charge < -0.3 is 5.32 Å². The molecule has 21 heavy (non-hydrogen) atoms. The monoisotopic (exact) mass is 310 g/mol. The van der Waals surface area contributed by atoms with Gasteiger partial charge in [-0.25, -0.2) is 4.39 Å². The summed E-state index contributed by atoms with van der Waals surface area (Å²) in [6.07, 6.45) is 0. The number of nitrogens with zero attached hydrogens (tertiary/aromatic N) is 3. The summed E-state index contributed by atoms with van der Waals surface area (Å²) in [4.78, 5) is 10.1. The molecule has 0 aliphatic carbocycles. The van der Waals surface area contributed by atoms with Crippen molar-refractivity contribution in [3.8, 4) is 10.6 Å². The van der Waals surface area contributed by atoms with Crippen molar-refractivity contribution < 1.29 is 9.31 Å². The smallest absolute Gasteiger partial charge is 0.273 e. The molecule has 0 bridgehead atoms. The van der Waals surface area contributed by atoms with Gasteiger partial charge in [0.1, 0.15) is 15.8 Å². The molecule has 0 unspecified atom stereocenters. The first kappa shape index (κ1) is 15.5. The number of hydrogen-bond donors (Lipinski definition) is 1. The zero-order valence-corrected chi connectivity index (χ0v) is 12.5. The predicted octanol–water partition coefficient (Wildman–Crippen LogP) is 3.00. The molecular weight excluding hydrogens is 295 g/mol. The van der Waals surface area contributed by atoms with Crippen LogP contribution in [-0.4, -0.2) is 21.7 Å². The van der Waals surface area contributed by atoms with Gasteiger partial charge in [0.05, 0.1) is 11.0 Å². The quantitative estimate of drug-likeness (QED) is 0.655. The van der Waals surface area contributed by atoms with Gasteiger partial charge in [0.2, 0.25) is 0 Å². The Morgan fingerprint density at radius 3 is 2.81 bits per heavy atom. The van der Waals surface area contributed by atoms with Gasteiger partial charge in [-0.15, -0.1) is 10.2 Å². The molecule has 112 valence electrons. The minimum absolute atomic E-state index is 0.292. The highest BCUT2D eigenvalue weighted by Gasteiger charge is 2.14. The molecule has 8 heteroatoms. The summed E-state index contributed by atoms with van der Waals surface area (Å²) in [5, 5.41) is 23.2. The molecule has 0 fully saturated rings. The van der Waals surface area contributed by atoms with E-state index in [-0.39, 0.29) is 5.69 Å². The van der Waals surface area contributed by atoms with E-state index in [1.54, 1.807) is 0 Å². The van der Waals surface area contributed by atoms with Crippen LogP contribution >= 0.6 is 11.3 Å². The van der Waals surface area contributed by atoms with Gasteiger partial charge in [-0.05, 0) is 18.5 Å². The summed E-state index contributed by atoms with van der Waals surface area (Å²) in [5.74, 6) is -0.128. The molecule has 1 heterocycles. The number of aromatic nitrogens is 2. The lowest BCUT2D eigenvalue weighted by atomic mass is 10.2. The Hall–Kier alpha value is -1.93. The van der Waals surface area contributed by atoms with Crippen molar-refractivity contribution in [1.29, 1.82) is 0 Å². The maximum Gasteiger partial charge on any atom is 0.273 e. The lowest BCUT2D eigenvalue weighted by Gasteiger charge is -2.03. The van der Waals surface area contributed by atoms with Crippen molar-refractivity contribution in [1.82, 2.24) is 15.5 Å². The SMILES string of the molecule is CC(C)CNCc1nnc(-c2cc(F)cc([N+](=O)[O-])c2)s1. The van der Waals surface area contributed by atoms with Crippen LogP contribution in [0.3, 0.4) is 0 Å². The molecular formula is C13H15FN4O2S. The third-order valence-electron chi connectivity index (χ3n) is 2.64. The van der Waals surface area contributed by atoms with Gasteiger partial charge in [-0.2, -0.15) is 0 Å². The van der Waals surface area contributed by atoms with Gasteiger partial charge >= 0.3 is 0 Å². The number of hydrogen-bond acceptors (Lipinski definition) is 6. The van der Waals surface area contributed by atoms with Crippen molar-refractivity contribution in [3.05, 3.63) is 39.1 Å². The molecule has 0 aliphatic heterocycles. The summed E-state index contributed by atoms with van der Waals surface area (Å²) in [6.45, 7) is 5.64. The number of rotatable bonds is 6. The van der Waals surface area contributed by atoms with E-state index < -0.39 is 10.7 Å². The minimum atomic E-state index is -0.658. The average molecular weight is 310 g/mol. The summed E-state index contributed by atoms with van der Waals surface area (Å²) < 4.78 is 13.4. The first-order valence-corrected chi connectivity index (χ1v) is 7.26. The largest absolute Gasteiger partial charge is 0.310 e. The maximum atomic E-state index is 13.4. The Labute approximate surface area is 125 Å². The Morgan fingerprint density at radius 2 is 2.14 bits per heavy atom. The molecule has 0 spiro atoms. The molecule has 0 saturated carbocycles. The van der Waals surface area contributed by atoms with Crippen LogP contribution in [0.4, 0.5) is 10.1 Å². The van der Waals surface area contributed by atoms with E-state index in [9.17, 15) is 14.5 Å². The second-order valence-electron chi connectivity index (χ2n) is 4.98. The molecule has 2 aromatic rings. The second-order valence-corrected chi connectivity index (χ2v) is 6.04. The Bertz CT molecular complexity index is 645. The predicted molar refractivity (Wildman–Crippen MR) is 78.5 cm³/mol. The van der Waals surface area contributed by atoms with Gasteiger partial charge in [0, 0.05) is 18.2 Å². The van der Waals surface area contributed by atoms with E-state index in [4.69, 9.17) is 0 Å². The van der Waals surface area contributed by atoms with Gasteiger partial charge in [0.25, 0.3) is 5.69 Å². The molecule has 1 aromatic carbocycles. The minimum Gasteiger partial charge on any atom is -0.310 e. The summed E-state index contributed by atoms with van der Waals surface area (Å²) >= 11 is 1.29. The van der Waals surface area contributed by atoms with E-state index in [1.165, 1.54) is 23.5 Å². The number of nitrogens with one attached hydrogen (secondary N) is 1. The van der Waals surface area contributed by atoms with E-state index in [1.807, 2.05) is 0 Å². The highest BCUT2D eigenvalue weighted by Crippen LogP contribution is 2.28. The average Bonchev–Trinajstić information content (AvgIpc) is 2.86. The summed E-state index contributed by atoms with van der Waals surface area (Å²) in [6, 6.07) is 3.41. The van der Waals surface area contributed by atoms with E-state index >= 15 is 0 Å². The third-order valence-corrected chi connectivity index (χ3v) is 3.61. The summed E-state index contributed by atoms with van der Waals surface area (Å²) in [7, 11) is 0. The lowest BCUT2D eigenvalue weighted by molar-refractivity contribution is -0.385. The molecule has 1 aromatic heterocycles. The van der Waals surface area contributed by atoms with Crippen molar-refractivity contribution in [2.24, 2.45) is 5.92 Å². The number of benzene rings is 1. The van der Waals surface area contributed by atoms with E-state index in [2.05, 4.69) is 29.4 Å². The normalized spacial score (nSPS) is 11.0. The zero-order chi connectivity index (χ0) is 15.4. The molecule has 0 saturated heterocycles. The van der Waals surface area contributed by atoms with Crippen LogP contribution in [0.5, 0.6) is 0 Å². The second kappa shape index (κ2) is 6.68. The topological polar surface area (TPSA) is 81.0 Å². The zero-order valence-electron chi connectivity index (χ0n) is 11.7. The van der Waals surface area contributed by atoms with Crippen LogP contribution in [0.1, 0.15) is 18.9 Å². The van der Waals surface area contributed by atoms with Gasteiger partial charge in [-0.3, -0.25) is 10.1 Å². The van der Waals surface area contributed by atoms with Crippen LogP contribution < -0.4 is 5.32 Å². The van der Waals surface area contributed by atoms with Gasteiger partial charge in [-0.1, -0.05) is 25.2 Å². The standard InChI is InChI=1S/C13H15FN4O2S/c1-8(2)6-15-7-12-16-17-13(21-12)9-3-10(14)5-11(4-9)18(19)20/h3-5,8,15H,6-7H2,1-2H3. The first-order chi connectivity index (χ1) is 9.95. The highest BCUT2D eigenvalue weighted by atomic mass is 32.1. The fourth-order valence-corrected chi connectivity index (χ4v) is 2.51.